The van der Waals surface area contributed by atoms with Crippen LogP contribution in [0.2, 0.25) is 0 Å². The second-order valence-electron chi connectivity index (χ2n) is 7.11. The van der Waals surface area contributed by atoms with Crippen LogP contribution in [0.5, 0.6) is 0 Å². The fourth-order valence-electron chi connectivity index (χ4n) is 2.75. The Kier molecular flexibility index (Phi) is 10.3. The van der Waals surface area contributed by atoms with E-state index in [1.54, 1.807) is 0 Å². The molecule has 2 nitrogen and oxygen atoms in total. The predicted octanol–water partition coefficient (Wildman–Crippen LogP) is 6.61. The van der Waals surface area contributed by atoms with Gasteiger partial charge >= 0.3 is 5.97 Å². The summed E-state index contributed by atoms with van der Waals surface area (Å²) in [5.41, 5.74) is 2.34. The van der Waals surface area contributed by atoms with Crippen LogP contribution in [0.15, 0.2) is 24.3 Å². The summed E-state index contributed by atoms with van der Waals surface area (Å²) in [6, 6.07) is 8.35. The van der Waals surface area contributed by atoms with Crippen molar-refractivity contribution < 1.29 is 9.53 Å². The molecule has 0 aliphatic carbocycles. The highest BCUT2D eigenvalue weighted by Gasteiger charge is 2.19. The molecule has 1 aromatic rings. The molecule has 0 N–H and O–H groups in total. The average molecular weight is 397 g/mol. The molecule has 1 rings (SSSR count). The third-order valence-corrected chi connectivity index (χ3v) is 4.90. The van der Waals surface area contributed by atoms with E-state index < -0.39 is 0 Å². The third kappa shape index (κ3) is 8.32. The Bertz CT molecular complexity index is 467. The summed E-state index contributed by atoms with van der Waals surface area (Å²) >= 11 is 3.48. The van der Waals surface area contributed by atoms with Crippen LogP contribution in [-0.2, 0) is 16.0 Å². The molecule has 0 radical (unpaired) electrons. The van der Waals surface area contributed by atoms with E-state index in [2.05, 4.69) is 61.0 Å². The monoisotopic (exact) mass is 396 g/mol. The van der Waals surface area contributed by atoms with Crippen LogP contribution in [0.3, 0.4) is 0 Å². The second kappa shape index (κ2) is 11.7. The van der Waals surface area contributed by atoms with Gasteiger partial charge in [-0.3, -0.25) is 4.79 Å². The van der Waals surface area contributed by atoms with Crippen LogP contribution >= 0.6 is 15.9 Å². The van der Waals surface area contributed by atoms with E-state index in [0.717, 1.165) is 24.8 Å². The molecule has 0 amide bonds. The van der Waals surface area contributed by atoms with Crippen molar-refractivity contribution in [1.29, 1.82) is 0 Å². The topological polar surface area (TPSA) is 26.3 Å². The fraction of sp³-hybridized carbons (Fsp3) is 0.667. The zero-order chi connectivity index (χ0) is 17.9. The van der Waals surface area contributed by atoms with Crippen molar-refractivity contribution in [2.24, 2.45) is 5.92 Å². The third-order valence-electron chi connectivity index (χ3n) is 4.26. The van der Waals surface area contributed by atoms with Crippen LogP contribution in [0.25, 0.3) is 0 Å². The Morgan fingerprint density at radius 1 is 1.04 bits per heavy atom. The molecular formula is C21H33BrO2. The van der Waals surface area contributed by atoms with Crippen LogP contribution < -0.4 is 0 Å². The number of rotatable bonds is 11. The molecule has 0 bridgehead atoms. The van der Waals surface area contributed by atoms with Gasteiger partial charge in [-0.25, -0.2) is 0 Å². The summed E-state index contributed by atoms with van der Waals surface area (Å²) in [6.07, 6.45) is 8.07. The van der Waals surface area contributed by atoms with Gasteiger partial charge in [-0.05, 0) is 59.2 Å². The van der Waals surface area contributed by atoms with Crippen molar-refractivity contribution in [1.82, 2.24) is 0 Å². The van der Waals surface area contributed by atoms with E-state index in [1.807, 2.05) is 6.92 Å². The van der Waals surface area contributed by atoms with E-state index in [9.17, 15) is 4.79 Å². The van der Waals surface area contributed by atoms with Gasteiger partial charge in [0.25, 0.3) is 0 Å². The Balaban J connectivity index is 2.40. The minimum absolute atomic E-state index is 0.151. The number of unbranched alkanes of at least 4 members (excludes halogenated alkanes) is 4. The minimum atomic E-state index is -0.224. The average Bonchev–Trinajstić information content (AvgIpc) is 2.54. The highest BCUT2D eigenvalue weighted by molar-refractivity contribution is 9.09. The van der Waals surface area contributed by atoms with Crippen molar-refractivity contribution in [3.8, 4) is 0 Å². The van der Waals surface area contributed by atoms with Crippen LogP contribution in [0, 0.1) is 5.92 Å². The lowest BCUT2D eigenvalue weighted by Crippen LogP contribution is -2.18. The molecule has 136 valence electrons. The maximum Gasteiger partial charge on any atom is 0.314 e. The van der Waals surface area contributed by atoms with Crippen molar-refractivity contribution in [2.75, 3.05) is 0 Å². The van der Waals surface area contributed by atoms with Gasteiger partial charge in [-0.15, -0.1) is 0 Å². The summed E-state index contributed by atoms with van der Waals surface area (Å²) in [6.45, 7) is 8.56. The molecule has 0 heterocycles. The van der Waals surface area contributed by atoms with E-state index in [1.165, 1.54) is 31.2 Å². The molecule has 3 heteroatoms. The van der Waals surface area contributed by atoms with Gasteiger partial charge in [0.15, 0.2) is 5.01 Å². The van der Waals surface area contributed by atoms with Crippen LogP contribution in [0.1, 0.15) is 83.3 Å². The number of hydrogen-bond donors (Lipinski definition) is 0. The summed E-state index contributed by atoms with van der Waals surface area (Å²) in [5.74, 6) is 0.269. The normalized spacial score (nSPS) is 13.8. The fourth-order valence-corrected chi connectivity index (χ4v) is 3.25. The van der Waals surface area contributed by atoms with Crippen molar-refractivity contribution >= 4 is 21.9 Å². The molecule has 0 aliphatic heterocycles. The SMILES string of the molecule is CCCCCCCC(Br)OC(=O)[C@@H](C)c1ccc(CC(C)C)cc1. The molecule has 24 heavy (non-hydrogen) atoms. The summed E-state index contributed by atoms with van der Waals surface area (Å²) < 4.78 is 5.55. The number of alkyl halides is 1. The first-order valence-corrected chi connectivity index (χ1v) is 10.3. The first-order valence-electron chi connectivity index (χ1n) is 9.37. The Labute approximate surface area is 156 Å². The summed E-state index contributed by atoms with van der Waals surface area (Å²) in [7, 11) is 0. The lowest BCUT2D eigenvalue weighted by Gasteiger charge is -2.16. The van der Waals surface area contributed by atoms with Gasteiger partial charge in [-0.2, -0.15) is 0 Å². The molecular weight excluding hydrogens is 364 g/mol. The van der Waals surface area contributed by atoms with Crippen LogP contribution in [-0.4, -0.2) is 11.0 Å². The van der Waals surface area contributed by atoms with E-state index in [-0.39, 0.29) is 16.9 Å². The number of carbonyl (C=O) groups excluding carboxylic acids is 1. The van der Waals surface area contributed by atoms with E-state index >= 15 is 0 Å². The van der Waals surface area contributed by atoms with Gasteiger partial charge in [0, 0.05) is 0 Å². The Morgan fingerprint density at radius 3 is 2.25 bits per heavy atom. The van der Waals surface area contributed by atoms with E-state index in [4.69, 9.17) is 4.74 Å². The molecule has 0 fully saturated rings. The number of halogens is 1. The zero-order valence-corrected chi connectivity index (χ0v) is 17.3. The molecule has 1 unspecified atom stereocenters. The summed E-state index contributed by atoms with van der Waals surface area (Å²) in [4.78, 5) is 12.3. The number of esters is 1. The second-order valence-corrected chi connectivity index (χ2v) is 8.13. The van der Waals surface area contributed by atoms with Gasteiger partial charge in [0.1, 0.15) is 0 Å². The number of hydrogen-bond acceptors (Lipinski definition) is 2. The maximum absolute atomic E-state index is 12.3. The first-order chi connectivity index (χ1) is 11.4. The predicted molar refractivity (Wildman–Crippen MR) is 106 cm³/mol. The van der Waals surface area contributed by atoms with Gasteiger partial charge in [0.05, 0.1) is 5.92 Å². The van der Waals surface area contributed by atoms with Crippen LogP contribution in [0.4, 0.5) is 0 Å². The molecule has 0 aliphatic rings. The zero-order valence-electron chi connectivity index (χ0n) is 15.7. The molecule has 0 saturated heterocycles. The van der Waals surface area contributed by atoms with E-state index in [0.29, 0.717) is 5.92 Å². The number of benzene rings is 1. The standard InChI is InChI=1S/C21H33BrO2/c1-5-6-7-8-9-10-20(22)24-21(23)17(4)19-13-11-18(12-14-19)15-16(2)3/h11-14,16-17,20H,5-10,15H2,1-4H3/t17-,20?/m0/s1. The highest BCUT2D eigenvalue weighted by Crippen LogP contribution is 2.22. The first kappa shape index (κ1) is 21.2. The minimum Gasteiger partial charge on any atom is -0.450 e. The van der Waals surface area contributed by atoms with Gasteiger partial charge < -0.3 is 4.74 Å². The lowest BCUT2D eigenvalue weighted by atomic mass is 9.97. The van der Waals surface area contributed by atoms with Gasteiger partial charge in [0.2, 0.25) is 0 Å². The lowest BCUT2D eigenvalue weighted by molar-refractivity contribution is -0.146. The van der Waals surface area contributed by atoms with Crippen molar-refractivity contribution in [3.05, 3.63) is 35.4 Å². The Hall–Kier alpha value is -0.830. The smallest absolute Gasteiger partial charge is 0.314 e. The highest BCUT2D eigenvalue weighted by atomic mass is 79.9. The molecule has 1 aromatic carbocycles. The number of ether oxygens (including phenoxy) is 1. The van der Waals surface area contributed by atoms with Gasteiger partial charge in [-0.1, -0.05) is 70.7 Å². The molecule has 0 spiro atoms. The maximum atomic E-state index is 12.3. The number of carbonyl (C=O) groups is 1. The molecule has 0 saturated carbocycles. The summed E-state index contributed by atoms with van der Waals surface area (Å²) in [5, 5.41) is -0.172. The van der Waals surface area contributed by atoms with Crippen molar-refractivity contribution in [2.45, 2.75) is 83.6 Å². The molecule has 2 atom stereocenters. The largest absolute Gasteiger partial charge is 0.450 e. The Morgan fingerprint density at radius 2 is 1.67 bits per heavy atom. The quantitative estimate of drug-likeness (QED) is 0.238. The molecule has 0 aromatic heterocycles. The van der Waals surface area contributed by atoms with Crippen molar-refractivity contribution in [3.63, 3.8) is 0 Å².